The summed E-state index contributed by atoms with van der Waals surface area (Å²) >= 11 is 0. The molecule has 3 aromatic carbocycles. The van der Waals surface area contributed by atoms with Gasteiger partial charge in [-0.3, -0.25) is 9.59 Å². The van der Waals surface area contributed by atoms with Crippen LogP contribution in [-0.2, 0) is 4.79 Å². The van der Waals surface area contributed by atoms with Crippen LogP contribution < -0.4 is 26.0 Å². The minimum absolute atomic E-state index is 0.0197. The second-order valence-electron chi connectivity index (χ2n) is 9.61. The van der Waals surface area contributed by atoms with Crippen LogP contribution >= 0.6 is 0 Å². The first-order valence-electron chi connectivity index (χ1n) is 13.2. The van der Waals surface area contributed by atoms with Crippen molar-refractivity contribution in [3.05, 3.63) is 97.3 Å². The lowest BCUT2D eigenvalue weighted by molar-refractivity contribution is -0.111. The van der Waals surface area contributed by atoms with Gasteiger partial charge in [0.2, 0.25) is 11.8 Å². The number of piperazine rings is 1. The number of carbonyl (C=O) groups is 2. The fourth-order valence-corrected chi connectivity index (χ4v) is 4.56. The zero-order valence-electron chi connectivity index (χ0n) is 22.7. The molecule has 10 heteroatoms. The van der Waals surface area contributed by atoms with Crippen molar-refractivity contribution in [2.75, 3.05) is 48.8 Å². The monoisotopic (exact) mass is 549 g/mol. The van der Waals surface area contributed by atoms with Gasteiger partial charge < -0.3 is 30.9 Å². The maximum Gasteiger partial charge on any atom is 0.271 e. The Morgan fingerprint density at radius 2 is 1.76 bits per heavy atom. The Kier molecular flexibility index (Phi) is 8.21. The largest absolute Gasteiger partial charge is 0.437 e. The molecule has 1 aliphatic rings. The molecule has 1 fully saturated rings. The summed E-state index contributed by atoms with van der Waals surface area (Å²) < 4.78 is 5.89. The molecule has 1 aromatic heterocycles. The van der Waals surface area contributed by atoms with Gasteiger partial charge in [-0.2, -0.15) is 4.98 Å². The molecule has 10 nitrogen and oxygen atoms in total. The highest BCUT2D eigenvalue weighted by Gasteiger charge is 2.20. The third-order valence-electron chi connectivity index (χ3n) is 6.68. The standard InChI is InChI=1S/C31H31N7O3/c1-3-27(39)34-22-10-7-11-24(18-22)41-28-20-33-29(30(32)40)31(36-28)35-23-12-13-26(38-16-14-37(2)15-17-38)25(19-23)21-8-5-4-6-9-21/h3-13,18-20H,1,14-17H2,2H3,(H2,32,40)(H,34,39)(H,35,36). The summed E-state index contributed by atoms with van der Waals surface area (Å²) in [4.78, 5) is 37.3. The van der Waals surface area contributed by atoms with Crippen LogP contribution in [0.3, 0.4) is 0 Å². The van der Waals surface area contributed by atoms with Gasteiger partial charge in [0.05, 0.1) is 6.20 Å². The number of carbonyl (C=O) groups excluding carboxylic acids is 2. The van der Waals surface area contributed by atoms with Crippen LogP contribution in [-0.4, -0.2) is 59.9 Å². The number of rotatable bonds is 9. The van der Waals surface area contributed by atoms with Crippen LogP contribution in [0.25, 0.3) is 11.1 Å². The number of hydrogen-bond acceptors (Lipinski definition) is 8. The van der Waals surface area contributed by atoms with E-state index in [9.17, 15) is 9.59 Å². The van der Waals surface area contributed by atoms with Gasteiger partial charge in [0, 0.05) is 54.9 Å². The van der Waals surface area contributed by atoms with E-state index in [0.29, 0.717) is 17.1 Å². The second kappa shape index (κ2) is 12.3. The molecule has 2 heterocycles. The van der Waals surface area contributed by atoms with Gasteiger partial charge in [0.1, 0.15) is 5.75 Å². The van der Waals surface area contributed by atoms with Gasteiger partial charge >= 0.3 is 0 Å². The smallest absolute Gasteiger partial charge is 0.271 e. The highest BCUT2D eigenvalue weighted by Crippen LogP contribution is 2.35. The quantitative estimate of drug-likeness (QED) is 0.258. The Balaban J connectivity index is 1.45. The van der Waals surface area contributed by atoms with E-state index in [0.717, 1.165) is 43.0 Å². The number of hydrogen-bond donors (Lipinski definition) is 3. The van der Waals surface area contributed by atoms with Crippen molar-refractivity contribution in [2.45, 2.75) is 0 Å². The molecule has 41 heavy (non-hydrogen) atoms. The SMILES string of the molecule is C=CC(=O)Nc1cccc(Oc2cnc(C(N)=O)c(Nc3ccc(N4CCN(C)CC4)c(-c4ccccc4)c3)n2)c1. The van der Waals surface area contributed by atoms with Crippen LogP contribution in [0, 0.1) is 0 Å². The van der Waals surface area contributed by atoms with E-state index in [-0.39, 0.29) is 23.3 Å². The Morgan fingerprint density at radius 3 is 2.49 bits per heavy atom. The number of nitrogens with one attached hydrogen (secondary N) is 2. The fourth-order valence-electron chi connectivity index (χ4n) is 4.56. The van der Waals surface area contributed by atoms with Gasteiger partial charge in [-0.15, -0.1) is 0 Å². The molecule has 208 valence electrons. The topological polar surface area (TPSA) is 126 Å². The molecular weight excluding hydrogens is 518 g/mol. The lowest BCUT2D eigenvalue weighted by Crippen LogP contribution is -2.44. The van der Waals surface area contributed by atoms with E-state index in [2.05, 4.69) is 62.2 Å². The normalized spacial score (nSPS) is 13.3. The fraction of sp³-hybridized carbons (Fsp3) is 0.161. The molecule has 0 aliphatic carbocycles. The van der Waals surface area contributed by atoms with Crippen LogP contribution in [0.2, 0.25) is 0 Å². The van der Waals surface area contributed by atoms with Crippen LogP contribution in [0.1, 0.15) is 10.5 Å². The van der Waals surface area contributed by atoms with Crippen molar-refractivity contribution >= 4 is 34.7 Å². The Labute approximate surface area is 238 Å². The van der Waals surface area contributed by atoms with Crippen LogP contribution in [0.5, 0.6) is 11.6 Å². The average molecular weight is 550 g/mol. The number of aromatic nitrogens is 2. The molecule has 0 atom stereocenters. The molecule has 1 aliphatic heterocycles. The Hall–Kier alpha value is -5.22. The van der Waals surface area contributed by atoms with Gasteiger partial charge in [-0.05, 0) is 49.0 Å². The molecule has 0 bridgehead atoms. The predicted octanol–water partition coefficient (Wildman–Crippen LogP) is 4.65. The van der Waals surface area contributed by atoms with Crippen molar-refractivity contribution in [3.63, 3.8) is 0 Å². The minimum Gasteiger partial charge on any atom is -0.437 e. The number of nitrogens with zero attached hydrogens (tertiary/aromatic N) is 4. The van der Waals surface area contributed by atoms with E-state index in [4.69, 9.17) is 10.5 Å². The molecule has 0 radical (unpaired) electrons. The van der Waals surface area contributed by atoms with E-state index >= 15 is 0 Å². The van der Waals surface area contributed by atoms with Crippen molar-refractivity contribution in [1.82, 2.24) is 14.9 Å². The molecule has 5 rings (SSSR count). The first-order valence-corrected chi connectivity index (χ1v) is 13.2. The van der Waals surface area contributed by atoms with Crippen LogP contribution in [0.15, 0.2) is 91.6 Å². The maximum absolute atomic E-state index is 12.2. The van der Waals surface area contributed by atoms with E-state index in [1.54, 1.807) is 24.3 Å². The van der Waals surface area contributed by atoms with E-state index in [1.165, 1.54) is 12.3 Å². The first-order chi connectivity index (χ1) is 19.9. The highest BCUT2D eigenvalue weighted by molar-refractivity contribution is 5.99. The summed E-state index contributed by atoms with van der Waals surface area (Å²) in [6, 6.07) is 23.0. The zero-order valence-corrected chi connectivity index (χ0v) is 22.7. The molecule has 0 spiro atoms. The lowest BCUT2D eigenvalue weighted by atomic mass is 10.0. The van der Waals surface area contributed by atoms with Crippen LogP contribution in [0.4, 0.5) is 22.9 Å². The lowest BCUT2D eigenvalue weighted by Gasteiger charge is -2.35. The summed E-state index contributed by atoms with van der Waals surface area (Å²) in [5, 5.41) is 5.91. The van der Waals surface area contributed by atoms with Gasteiger partial charge in [0.25, 0.3) is 5.91 Å². The molecule has 0 unspecified atom stereocenters. The third-order valence-corrected chi connectivity index (χ3v) is 6.68. The average Bonchev–Trinajstić information content (AvgIpc) is 2.98. The molecular formula is C31H31N7O3. The van der Waals surface area contributed by atoms with Crippen molar-refractivity contribution in [2.24, 2.45) is 5.73 Å². The Bertz CT molecular complexity index is 1570. The van der Waals surface area contributed by atoms with E-state index < -0.39 is 5.91 Å². The predicted molar refractivity (Wildman–Crippen MR) is 161 cm³/mol. The first kappa shape index (κ1) is 27.4. The van der Waals surface area contributed by atoms with E-state index in [1.807, 2.05) is 30.3 Å². The van der Waals surface area contributed by atoms with Crippen molar-refractivity contribution in [1.29, 1.82) is 0 Å². The summed E-state index contributed by atoms with van der Waals surface area (Å²) in [6.07, 6.45) is 2.51. The number of benzene rings is 3. The summed E-state index contributed by atoms with van der Waals surface area (Å²) in [6.45, 7) is 7.29. The molecule has 4 aromatic rings. The third kappa shape index (κ3) is 6.68. The van der Waals surface area contributed by atoms with Gasteiger partial charge in [-0.1, -0.05) is 43.0 Å². The minimum atomic E-state index is -0.724. The Morgan fingerprint density at radius 1 is 0.976 bits per heavy atom. The maximum atomic E-state index is 12.2. The molecule has 4 N–H and O–H groups in total. The summed E-state index contributed by atoms with van der Waals surface area (Å²) in [7, 11) is 2.13. The second-order valence-corrected chi connectivity index (χ2v) is 9.61. The van der Waals surface area contributed by atoms with Gasteiger partial charge in [0.15, 0.2) is 11.5 Å². The van der Waals surface area contributed by atoms with Crippen molar-refractivity contribution < 1.29 is 14.3 Å². The molecule has 0 saturated carbocycles. The number of nitrogens with two attached hydrogens (primary N) is 1. The number of amides is 2. The number of anilines is 4. The molecule has 2 amide bonds. The number of ether oxygens (including phenoxy) is 1. The zero-order chi connectivity index (χ0) is 28.8. The number of likely N-dealkylation sites (N-methyl/N-ethyl adjacent to an activating group) is 1. The molecule has 1 saturated heterocycles. The highest BCUT2D eigenvalue weighted by atomic mass is 16.5. The summed E-state index contributed by atoms with van der Waals surface area (Å²) in [5.41, 5.74) is 10.1. The summed E-state index contributed by atoms with van der Waals surface area (Å²) in [5.74, 6) is -0.341. The van der Waals surface area contributed by atoms with Crippen molar-refractivity contribution in [3.8, 4) is 22.8 Å². The number of primary amides is 1. The van der Waals surface area contributed by atoms with Gasteiger partial charge in [-0.25, -0.2) is 4.98 Å².